The van der Waals surface area contributed by atoms with Gasteiger partial charge in [-0.3, -0.25) is 4.79 Å². The number of primary amides is 1. The molecule has 0 aliphatic carbocycles. The largest absolute Gasteiger partial charge is 0.389 e. The first-order chi connectivity index (χ1) is 3.63. The van der Waals surface area contributed by atoms with Gasteiger partial charge in [0.15, 0.2) is 0 Å². The van der Waals surface area contributed by atoms with Crippen LogP contribution in [-0.2, 0) is 4.79 Å². The van der Waals surface area contributed by atoms with E-state index in [4.69, 9.17) is 10.8 Å². The number of hydrogen-bond donors (Lipinski definition) is 2. The van der Waals surface area contributed by atoms with Gasteiger partial charge in [0.05, 0.1) is 6.10 Å². The third kappa shape index (κ3) is 5.17. The molecule has 1 unspecified atom stereocenters. The minimum absolute atomic E-state index is 0.536. The minimum atomic E-state index is -0.595. The summed E-state index contributed by atoms with van der Waals surface area (Å²) >= 11 is 0. The molecule has 0 aromatic carbocycles. The molecule has 0 aromatic heterocycles. The predicted molar refractivity (Wildman–Crippen MR) is 30.0 cm³/mol. The number of hydrogen-bond acceptors (Lipinski definition) is 2. The van der Waals surface area contributed by atoms with Crippen molar-refractivity contribution in [1.82, 2.24) is 0 Å². The Kier molecular flexibility index (Phi) is 2.88. The number of carbonyl (C=O) groups excluding carboxylic acids is 1. The Morgan fingerprint density at radius 3 is 2.50 bits per heavy atom. The maximum absolute atomic E-state index is 9.93. The zero-order chi connectivity index (χ0) is 6.57. The van der Waals surface area contributed by atoms with Crippen molar-refractivity contribution in [3.63, 3.8) is 0 Å². The maximum Gasteiger partial charge on any atom is 0.241 e. The molecule has 46 valence electrons. The van der Waals surface area contributed by atoms with E-state index in [1.165, 1.54) is 6.08 Å². The number of carbonyl (C=O) groups is 1. The second-order valence-corrected chi connectivity index (χ2v) is 1.50. The van der Waals surface area contributed by atoms with E-state index in [9.17, 15) is 4.79 Å². The highest BCUT2D eigenvalue weighted by atomic mass is 16.3. The van der Waals surface area contributed by atoms with Crippen molar-refractivity contribution >= 4 is 5.91 Å². The average Bonchev–Trinajstić information content (AvgIpc) is 1.61. The van der Waals surface area contributed by atoms with Gasteiger partial charge >= 0.3 is 0 Å². The molecule has 8 heavy (non-hydrogen) atoms. The summed E-state index contributed by atoms with van der Waals surface area (Å²) in [5.74, 6) is -0.536. The van der Waals surface area contributed by atoms with E-state index in [0.717, 1.165) is 6.08 Å². The zero-order valence-electron chi connectivity index (χ0n) is 4.66. The Morgan fingerprint density at radius 2 is 2.38 bits per heavy atom. The molecule has 0 saturated carbocycles. The van der Waals surface area contributed by atoms with Gasteiger partial charge in [-0.2, -0.15) is 0 Å². The van der Waals surface area contributed by atoms with Crippen LogP contribution in [0.25, 0.3) is 0 Å². The van der Waals surface area contributed by atoms with Crippen LogP contribution in [0.1, 0.15) is 6.92 Å². The van der Waals surface area contributed by atoms with Gasteiger partial charge in [-0.25, -0.2) is 0 Å². The van der Waals surface area contributed by atoms with Gasteiger partial charge in [-0.15, -0.1) is 0 Å². The topological polar surface area (TPSA) is 63.3 Å². The lowest BCUT2D eigenvalue weighted by molar-refractivity contribution is -0.113. The van der Waals surface area contributed by atoms with Crippen LogP contribution >= 0.6 is 0 Å². The highest BCUT2D eigenvalue weighted by Gasteiger charge is 1.85. The molecular formula is C5H9NO2. The van der Waals surface area contributed by atoms with Crippen molar-refractivity contribution < 1.29 is 9.90 Å². The minimum Gasteiger partial charge on any atom is -0.389 e. The van der Waals surface area contributed by atoms with Crippen molar-refractivity contribution in [3.05, 3.63) is 12.2 Å². The lowest BCUT2D eigenvalue weighted by atomic mass is 10.3. The van der Waals surface area contributed by atoms with Crippen molar-refractivity contribution in [2.75, 3.05) is 0 Å². The second kappa shape index (κ2) is 3.21. The van der Waals surface area contributed by atoms with Crippen LogP contribution in [0.4, 0.5) is 0 Å². The summed E-state index contributed by atoms with van der Waals surface area (Å²) in [5.41, 5.74) is 4.70. The maximum atomic E-state index is 9.93. The van der Waals surface area contributed by atoms with Crippen LogP contribution in [0, 0.1) is 0 Å². The van der Waals surface area contributed by atoms with Gasteiger partial charge in [-0.1, -0.05) is 6.08 Å². The molecule has 3 heteroatoms. The fourth-order valence-electron chi connectivity index (χ4n) is 0.234. The van der Waals surface area contributed by atoms with Crippen LogP contribution < -0.4 is 5.73 Å². The molecule has 0 radical (unpaired) electrons. The van der Waals surface area contributed by atoms with Crippen LogP contribution in [0.2, 0.25) is 0 Å². The number of rotatable bonds is 2. The van der Waals surface area contributed by atoms with E-state index >= 15 is 0 Å². The molecule has 0 aliphatic rings. The van der Waals surface area contributed by atoms with Crippen LogP contribution in [0.15, 0.2) is 12.2 Å². The van der Waals surface area contributed by atoms with Gasteiger partial charge in [0.25, 0.3) is 0 Å². The monoisotopic (exact) mass is 115 g/mol. The number of aliphatic hydroxyl groups is 1. The van der Waals surface area contributed by atoms with E-state index < -0.39 is 12.0 Å². The first-order valence-corrected chi connectivity index (χ1v) is 2.28. The highest BCUT2D eigenvalue weighted by Crippen LogP contribution is 1.79. The first kappa shape index (κ1) is 7.17. The fraction of sp³-hybridized carbons (Fsp3) is 0.400. The fourth-order valence-corrected chi connectivity index (χ4v) is 0.234. The molecule has 0 aromatic rings. The molecule has 1 atom stereocenters. The van der Waals surface area contributed by atoms with Gasteiger partial charge in [0.1, 0.15) is 0 Å². The molecule has 0 spiro atoms. The van der Waals surface area contributed by atoms with E-state index in [-0.39, 0.29) is 0 Å². The lowest BCUT2D eigenvalue weighted by Crippen LogP contribution is -2.07. The average molecular weight is 115 g/mol. The van der Waals surface area contributed by atoms with Crippen molar-refractivity contribution in [3.8, 4) is 0 Å². The quantitative estimate of drug-likeness (QED) is 0.472. The molecular weight excluding hydrogens is 106 g/mol. The standard InChI is InChI=1S/C5H9NO2/c1-4(7)2-3-5(6)8/h2-4,7H,1H3,(H2,6,8)/b3-2+. The molecule has 0 heterocycles. The van der Waals surface area contributed by atoms with E-state index in [1.807, 2.05) is 0 Å². The van der Waals surface area contributed by atoms with Gasteiger partial charge in [0.2, 0.25) is 5.91 Å². The molecule has 1 amide bonds. The molecule has 0 saturated heterocycles. The Bertz CT molecular complexity index is 107. The zero-order valence-corrected chi connectivity index (χ0v) is 4.66. The van der Waals surface area contributed by atoms with Crippen molar-refractivity contribution in [1.29, 1.82) is 0 Å². The Labute approximate surface area is 47.8 Å². The third-order valence-electron chi connectivity index (χ3n) is 0.539. The molecule has 0 bridgehead atoms. The van der Waals surface area contributed by atoms with E-state index in [2.05, 4.69) is 0 Å². The number of amides is 1. The van der Waals surface area contributed by atoms with Crippen LogP contribution in [-0.4, -0.2) is 17.1 Å². The molecule has 0 aliphatic heterocycles. The summed E-state index contributed by atoms with van der Waals surface area (Å²) < 4.78 is 0. The highest BCUT2D eigenvalue weighted by molar-refractivity contribution is 5.85. The number of aliphatic hydroxyl groups excluding tert-OH is 1. The molecule has 3 nitrogen and oxygen atoms in total. The van der Waals surface area contributed by atoms with Gasteiger partial charge in [0, 0.05) is 6.08 Å². The van der Waals surface area contributed by atoms with Crippen LogP contribution in [0.5, 0.6) is 0 Å². The first-order valence-electron chi connectivity index (χ1n) is 2.28. The van der Waals surface area contributed by atoms with Crippen LogP contribution in [0.3, 0.4) is 0 Å². The second-order valence-electron chi connectivity index (χ2n) is 1.50. The SMILES string of the molecule is CC(O)/C=C/C(N)=O. The molecule has 0 fully saturated rings. The van der Waals surface area contributed by atoms with Gasteiger partial charge < -0.3 is 10.8 Å². The molecule has 3 N–H and O–H groups in total. The summed E-state index contributed by atoms with van der Waals surface area (Å²) in [6.07, 6.45) is 1.86. The Morgan fingerprint density at radius 1 is 1.88 bits per heavy atom. The van der Waals surface area contributed by atoms with E-state index in [1.54, 1.807) is 6.92 Å². The Hall–Kier alpha value is -0.830. The Balaban J connectivity index is 3.50. The third-order valence-corrected chi connectivity index (χ3v) is 0.539. The summed E-state index contributed by atoms with van der Waals surface area (Å²) in [6.45, 7) is 1.54. The lowest BCUT2D eigenvalue weighted by Gasteiger charge is -1.88. The van der Waals surface area contributed by atoms with E-state index in [0.29, 0.717) is 0 Å². The van der Waals surface area contributed by atoms with Crippen molar-refractivity contribution in [2.24, 2.45) is 5.73 Å². The number of nitrogens with two attached hydrogens (primary N) is 1. The van der Waals surface area contributed by atoms with Gasteiger partial charge in [-0.05, 0) is 6.92 Å². The summed E-state index contributed by atoms with van der Waals surface area (Å²) in [6, 6.07) is 0. The van der Waals surface area contributed by atoms with Crippen molar-refractivity contribution in [2.45, 2.75) is 13.0 Å². The smallest absolute Gasteiger partial charge is 0.241 e. The molecule has 0 rings (SSSR count). The predicted octanol–water partition coefficient (Wildman–Crippen LogP) is -0.591. The summed E-state index contributed by atoms with van der Waals surface area (Å²) in [4.78, 5) is 9.93. The summed E-state index contributed by atoms with van der Waals surface area (Å²) in [5, 5.41) is 8.51. The summed E-state index contributed by atoms with van der Waals surface area (Å²) in [7, 11) is 0. The normalized spacial score (nSPS) is 14.2.